The highest BCUT2D eigenvalue weighted by Crippen LogP contribution is 2.26. The van der Waals surface area contributed by atoms with E-state index in [-0.39, 0.29) is 6.42 Å². The van der Waals surface area contributed by atoms with Crippen LogP contribution >= 0.6 is 0 Å². The van der Waals surface area contributed by atoms with Crippen LogP contribution in [0.5, 0.6) is 0 Å². The molecule has 0 bridgehead atoms. The fourth-order valence-electron chi connectivity index (χ4n) is 4.66. The predicted octanol–water partition coefficient (Wildman–Crippen LogP) is 6.37. The Hall–Kier alpha value is -1.96. The molecule has 0 aromatic heterocycles. The van der Waals surface area contributed by atoms with E-state index in [1.807, 2.05) is 0 Å². The van der Waals surface area contributed by atoms with Crippen molar-refractivity contribution in [1.29, 1.82) is 0 Å². The summed E-state index contributed by atoms with van der Waals surface area (Å²) in [6.07, 6.45) is 21.1. The van der Waals surface area contributed by atoms with Gasteiger partial charge in [0.15, 0.2) is 17.3 Å². The first-order chi connectivity index (χ1) is 17.2. The van der Waals surface area contributed by atoms with Crippen LogP contribution in [-0.2, 0) is 19.2 Å². The van der Waals surface area contributed by atoms with Crippen molar-refractivity contribution in [2.75, 3.05) is 0 Å². The molecule has 210 valence electrons. The summed E-state index contributed by atoms with van der Waals surface area (Å²) in [6.45, 7) is 2.25. The van der Waals surface area contributed by atoms with Crippen molar-refractivity contribution in [2.24, 2.45) is 5.92 Å². The first-order valence-electron chi connectivity index (χ1n) is 14.1. The smallest absolute Gasteiger partial charge is 0.337 e. The second-order valence-electron chi connectivity index (χ2n) is 10.2. The largest absolute Gasteiger partial charge is 0.481 e. The van der Waals surface area contributed by atoms with E-state index < -0.39 is 41.6 Å². The molecule has 0 saturated carbocycles. The van der Waals surface area contributed by atoms with Crippen molar-refractivity contribution in [3.63, 3.8) is 0 Å². The molecule has 8 nitrogen and oxygen atoms in total. The Morgan fingerprint density at radius 2 is 0.917 bits per heavy atom. The number of carboxylic acid groups (broad SMARTS) is 3. The molecule has 2 atom stereocenters. The summed E-state index contributed by atoms with van der Waals surface area (Å²) < 4.78 is 0. The van der Waals surface area contributed by atoms with Crippen molar-refractivity contribution >= 4 is 23.7 Å². The summed E-state index contributed by atoms with van der Waals surface area (Å²) >= 11 is 0. The van der Waals surface area contributed by atoms with Crippen molar-refractivity contribution < 1.29 is 39.6 Å². The van der Waals surface area contributed by atoms with E-state index in [0.717, 1.165) is 19.3 Å². The molecule has 0 aliphatic carbocycles. The molecule has 0 aliphatic rings. The molecule has 0 aliphatic heterocycles. The predicted molar refractivity (Wildman–Crippen MR) is 139 cm³/mol. The van der Waals surface area contributed by atoms with Gasteiger partial charge in [0.05, 0.1) is 6.42 Å². The highest BCUT2D eigenvalue weighted by molar-refractivity contribution is 6.05. The number of aliphatic carboxylic acids is 3. The number of carbonyl (C=O) groups excluding carboxylic acids is 1. The van der Waals surface area contributed by atoms with Gasteiger partial charge in [-0.05, 0) is 6.42 Å². The van der Waals surface area contributed by atoms with Gasteiger partial charge in [0.25, 0.3) is 0 Å². The Morgan fingerprint density at radius 3 is 1.19 bits per heavy atom. The molecule has 0 aromatic rings. The van der Waals surface area contributed by atoms with Crippen LogP contribution in [0.4, 0.5) is 0 Å². The SMILES string of the molecule is CCCCCCCCCCCCCCCCCCCCCC(=O)C(C(=O)O)C(O)(CC(=O)O)C(=O)O. The Bertz CT molecular complexity index is 633. The molecule has 8 heteroatoms. The van der Waals surface area contributed by atoms with E-state index in [2.05, 4.69) is 6.92 Å². The topological polar surface area (TPSA) is 149 Å². The Kier molecular flexibility index (Phi) is 20.0. The number of Topliss-reactive ketones (excluding diaryl/α,β-unsaturated/α-hetero) is 1. The average Bonchev–Trinajstić information content (AvgIpc) is 2.79. The summed E-state index contributed by atoms with van der Waals surface area (Å²) in [7, 11) is 0. The van der Waals surface area contributed by atoms with Crippen molar-refractivity contribution in [2.45, 2.75) is 147 Å². The molecule has 4 N–H and O–H groups in total. The van der Waals surface area contributed by atoms with Gasteiger partial charge in [0, 0.05) is 6.42 Å². The number of carbonyl (C=O) groups is 4. The monoisotopic (exact) mass is 514 g/mol. The maximum absolute atomic E-state index is 12.3. The highest BCUT2D eigenvalue weighted by atomic mass is 16.4. The van der Waals surface area contributed by atoms with Crippen molar-refractivity contribution in [1.82, 2.24) is 0 Å². The van der Waals surface area contributed by atoms with Crippen LogP contribution in [0.2, 0.25) is 0 Å². The van der Waals surface area contributed by atoms with Gasteiger partial charge in [0.1, 0.15) is 0 Å². The van der Waals surface area contributed by atoms with Gasteiger partial charge in [-0.2, -0.15) is 0 Å². The fourth-order valence-corrected chi connectivity index (χ4v) is 4.66. The lowest BCUT2D eigenvalue weighted by molar-refractivity contribution is -0.181. The van der Waals surface area contributed by atoms with E-state index in [1.54, 1.807) is 0 Å². The maximum Gasteiger partial charge on any atom is 0.337 e. The summed E-state index contributed by atoms with van der Waals surface area (Å²) in [5.74, 6) is -8.81. The maximum atomic E-state index is 12.3. The molecule has 0 rings (SSSR count). The van der Waals surface area contributed by atoms with Gasteiger partial charge in [-0.3, -0.25) is 14.4 Å². The van der Waals surface area contributed by atoms with E-state index in [0.29, 0.717) is 12.8 Å². The molecular formula is C28H50O8. The molecule has 0 radical (unpaired) electrons. The van der Waals surface area contributed by atoms with Crippen molar-refractivity contribution in [3.8, 4) is 0 Å². The Morgan fingerprint density at radius 1 is 0.583 bits per heavy atom. The standard InChI is InChI=1S/C28H50O8/c1-2-3-4-5-6-7-8-9-10-11-12-13-14-15-16-17-18-19-20-21-23(29)25(26(32)33)28(36,27(34)35)22-24(30)31/h25,36H,2-22H2,1H3,(H,30,31)(H,32,33)(H,34,35). The van der Waals surface area contributed by atoms with Crippen LogP contribution in [0.1, 0.15) is 142 Å². The first-order valence-corrected chi connectivity index (χ1v) is 14.1. The molecule has 0 spiro atoms. The second-order valence-corrected chi connectivity index (χ2v) is 10.2. The molecular weight excluding hydrogens is 464 g/mol. The highest BCUT2D eigenvalue weighted by Gasteiger charge is 2.53. The molecule has 36 heavy (non-hydrogen) atoms. The quantitative estimate of drug-likeness (QED) is 0.0768. The number of unbranched alkanes of at least 4 members (excludes halogenated alkanes) is 18. The number of hydrogen-bond acceptors (Lipinski definition) is 5. The molecule has 0 heterocycles. The lowest BCUT2D eigenvalue weighted by Crippen LogP contribution is -2.53. The zero-order valence-electron chi connectivity index (χ0n) is 22.3. The van der Waals surface area contributed by atoms with E-state index in [1.165, 1.54) is 89.9 Å². The van der Waals surface area contributed by atoms with Crippen LogP contribution in [0.25, 0.3) is 0 Å². The zero-order chi connectivity index (χ0) is 27.2. The summed E-state index contributed by atoms with van der Waals surface area (Å²) in [5.41, 5.74) is -3.16. The van der Waals surface area contributed by atoms with Crippen molar-refractivity contribution in [3.05, 3.63) is 0 Å². The normalized spacial score (nSPS) is 13.7. The minimum atomic E-state index is -3.16. The van der Waals surface area contributed by atoms with E-state index >= 15 is 0 Å². The Balaban J connectivity index is 3.79. The van der Waals surface area contributed by atoms with Gasteiger partial charge in [0.2, 0.25) is 0 Å². The summed E-state index contributed by atoms with van der Waals surface area (Å²) in [5, 5.41) is 37.4. The number of rotatable bonds is 26. The van der Waals surface area contributed by atoms with Crippen LogP contribution < -0.4 is 0 Å². The van der Waals surface area contributed by atoms with Crippen LogP contribution in [0.15, 0.2) is 0 Å². The fraction of sp³-hybridized carbons (Fsp3) is 0.857. The molecule has 0 fully saturated rings. The first kappa shape index (κ1) is 34.0. The minimum Gasteiger partial charge on any atom is -0.481 e. The lowest BCUT2D eigenvalue weighted by Gasteiger charge is -2.27. The minimum absolute atomic E-state index is 0.203. The van der Waals surface area contributed by atoms with Gasteiger partial charge in [-0.25, -0.2) is 4.79 Å². The second kappa shape index (κ2) is 21.2. The number of carboxylic acids is 3. The third-order valence-electron chi connectivity index (χ3n) is 6.86. The van der Waals surface area contributed by atoms with Crippen LogP contribution in [0.3, 0.4) is 0 Å². The average molecular weight is 515 g/mol. The number of ketones is 1. The molecule has 2 unspecified atom stereocenters. The van der Waals surface area contributed by atoms with Crippen LogP contribution in [-0.4, -0.2) is 49.7 Å². The molecule has 0 amide bonds. The number of aliphatic hydroxyl groups is 1. The Labute approximate surface area is 216 Å². The lowest BCUT2D eigenvalue weighted by atomic mass is 9.80. The van der Waals surface area contributed by atoms with Gasteiger partial charge in [-0.15, -0.1) is 0 Å². The molecule has 0 saturated heterocycles. The molecule has 0 aromatic carbocycles. The third kappa shape index (κ3) is 15.9. The zero-order valence-corrected chi connectivity index (χ0v) is 22.3. The third-order valence-corrected chi connectivity index (χ3v) is 6.86. The van der Waals surface area contributed by atoms with Gasteiger partial charge in [-0.1, -0.05) is 122 Å². The summed E-state index contributed by atoms with van der Waals surface area (Å²) in [6, 6.07) is 0. The summed E-state index contributed by atoms with van der Waals surface area (Å²) in [4.78, 5) is 46.0. The van der Waals surface area contributed by atoms with E-state index in [9.17, 15) is 29.4 Å². The number of hydrogen-bond donors (Lipinski definition) is 4. The van der Waals surface area contributed by atoms with E-state index in [4.69, 9.17) is 10.2 Å². The van der Waals surface area contributed by atoms with Gasteiger partial charge >= 0.3 is 17.9 Å². The van der Waals surface area contributed by atoms with Crippen LogP contribution in [0, 0.1) is 5.92 Å². The van der Waals surface area contributed by atoms with Gasteiger partial charge < -0.3 is 20.4 Å².